The zero-order valence-electron chi connectivity index (χ0n) is 27.8. The van der Waals surface area contributed by atoms with Crippen molar-refractivity contribution in [1.29, 1.82) is 0 Å². The number of thiocarbonyl (C=S) groups is 2. The number of rotatable bonds is 6. The molecule has 1 atom stereocenters. The topological polar surface area (TPSA) is 95.7 Å². The number of primary sulfonamides is 1. The molecule has 14 heteroatoms. The van der Waals surface area contributed by atoms with E-state index >= 15 is 0 Å². The monoisotopic (exact) mass is 805 g/mol. The molecule has 0 radical (unpaired) electrons. The number of hydrogen-bond acceptors (Lipinski definition) is 7. The van der Waals surface area contributed by atoms with Crippen molar-refractivity contribution in [1.82, 2.24) is 0 Å². The Morgan fingerprint density at radius 1 is 0.686 bits per heavy atom. The lowest BCUT2D eigenvalue weighted by Crippen LogP contribution is -2.27. The van der Waals surface area contributed by atoms with E-state index in [4.69, 9.17) is 62.3 Å². The molecule has 2 N–H and O–H groups in total. The maximum absolute atomic E-state index is 14.3. The van der Waals surface area contributed by atoms with Crippen LogP contribution in [0.4, 0.5) is 8.78 Å². The van der Waals surface area contributed by atoms with Gasteiger partial charge < -0.3 is 9.47 Å². The molecule has 0 aliphatic carbocycles. The zero-order valence-corrected chi connectivity index (χ0v) is 32.6. The quantitative estimate of drug-likeness (QED) is 0.194. The third kappa shape index (κ3) is 8.17. The molecule has 2 aliphatic rings. The number of sulfonamides is 1. The maximum atomic E-state index is 14.3. The van der Waals surface area contributed by atoms with E-state index in [0.717, 1.165) is 28.8 Å². The van der Waals surface area contributed by atoms with Gasteiger partial charge in [-0.3, -0.25) is 4.21 Å². The van der Waals surface area contributed by atoms with Gasteiger partial charge in [-0.05, 0) is 99.5 Å². The van der Waals surface area contributed by atoms with E-state index in [2.05, 4.69) is 0 Å². The first-order valence-corrected chi connectivity index (χ1v) is 19.8. The van der Waals surface area contributed by atoms with Gasteiger partial charge in [-0.1, -0.05) is 71.9 Å². The molecule has 2 heterocycles. The zero-order chi connectivity index (χ0) is 37.6. The van der Waals surface area contributed by atoms with Crippen LogP contribution in [0.15, 0.2) is 94.7 Å². The van der Waals surface area contributed by atoms with Gasteiger partial charge in [0.05, 0.1) is 25.4 Å². The molecule has 4 aromatic carbocycles. The second-order valence-electron chi connectivity index (χ2n) is 12.6. The molecule has 0 saturated carbocycles. The van der Waals surface area contributed by atoms with E-state index in [1.807, 2.05) is 45.9 Å². The van der Waals surface area contributed by atoms with E-state index in [1.54, 1.807) is 36.4 Å². The molecule has 0 bridgehead atoms. The molecule has 266 valence electrons. The van der Waals surface area contributed by atoms with Crippen molar-refractivity contribution in [2.24, 2.45) is 5.14 Å². The predicted molar refractivity (Wildman–Crippen MR) is 209 cm³/mol. The Labute approximate surface area is 318 Å². The molecule has 0 spiro atoms. The maximum Gasteiger partial charge on any atom is 0.240 e. The Morgan fingerprint density at radius 2 is 1.12 bits per heavy atom. The van der Waals surface area contributed by atoms with Crippen LogP contribution in [0.3, 0.4) is 0 Å². The molecule has 0 aromatic heterocycles. The lowest BCUT2D eigenvalue weighted by Gasteiger charge is -2.20. The van der Waals surface area contributed by atoms with Gasteiger partial charge in [0.15, 0.2) is 0 Å². The molecule has 0 fully saturated rings. The summed E-state index contributed by atoms with van der Waals surface area (Å²) in [6.45, 7) is 7.36. The number of hydrogen-bond donors (Lipinski definition) is 1. The van der Waals surface area contributed by atoms with Crippen molar-refractivity contribution in [2.75, 3.05) is 6.26 Å². The van der Waals surface area contributed by atoms with E-state index in [9.17, 15) is 21.4 Å². The first-order valence-electron chi connectivity index (χ1n) is 15.2. The fourth-order valence-corrected chi connectivity index (χ4v) is 7.55. The normalized spacial score (nSPS) is 17.1. The van der Waals surface area contributed by atoms with Gasteiger partial charge in [0, 0.05) is 38.6 Å². The third-order valence-electron chi connectivity index (χ3n) is 7.95. The van der Waals surface area contributed by atoms with E-state index < -0.39 is 48.6 Å². The molecule has 6 nitrogen and oxygen atoms in total. The summed E-state index contributed by atoms with van der Waals surface area (Å²) in [5, 5.41) is 6.12. The highest BCUT2D eigenvalue weighted by Crippen LogP contribution is 2.44. The summed E-state index contributed by atoms with van der Waals surface area (Å²) in [5.41, 5.74) is 2.35. The van der Waals surface area contributed by atoms with Crippen LogP contribution in [-0.2, 0) is 30.3 Å². The highest BCUT2D eigenvalue weighted by Gasteiger charge is 2.41. The van der Waals surface area contributed by atoms with Crippen LogP contribution in [-0.4, -0.2) is 39.8 Å². The third-order valence-corrected chi connectivity index (χ3v) is 11.7. The highest BCUT2D eigenvalue weighted by atomic mass is 35.5. The second-order valence-corrected chi connectivity index (χ2v) is 17.2. The van der Waals surface area contributed by atoms with Crippen LogP contribution < -0.4 is 5.14 Å². The van der Waals surface area contributed by atoms with Crippen molar-refractivity contribution in [2.45, 2.75) is 48.7 Å². The molecule has 4 aromatic rings. The van der Waals surface area contributed by atoms with Crippen molar-refractivity contribution in [3.8, 4) is 0 Å². The second kappa shape index (κ2) is 14.6. The molecule has 6 rings (SSSR count). The van der Waals surface area contributed by atoms with Crippen molar-refractivity contribution in [3.05, 3.63) is 129 Å². The summed E-state index contributed by atoms with van der Waals surface area (Å²) in [6.07, 6.45) is 1.44. The molecule has 2 aliphatic heterocycles. The van der Waals surface area contributed by atoms with Gasteiger partial charge in [-0.25, -0.2) is 22.3 Å². The van der Waals surface area contributed by atoms with Crippen LogP contribution in [0.25, 0.3) is 22.7 Å². The van der Waals surface area contributed by atoms with E-state index in [0.29, 0.717) is 48.0 Å². The largest absolute Gasteiger partial charge is 0.481 e. The fraction of sp³-hybridized carbons (Fsp3) is 0.189. The number of ether oxygens (including phenoxy) is 2. The van der Waals surface area contributed by atoms with Crippen LogP contribution in [0.1, 0.15) is 49.9 Å². The number of benzene rings is 4. The van der Waals surface area contributed by atoms with E-state index in [1.165, 1.54) is 24.5 Å². The minimum absolute atomic E-state index is 0.161. The summed E-state index contributed by atoms with van der Waals surface area (Å²) in [5.74, 6) is -0.621. The van der Waals surface area contributed by atoms with Gasteiger partial charge in [0.2, 0.25) is 10.0 Å². The summed E-state index contributed by atoms with van der Waals surface area (Å²) in [6, 6.07) is 22.6. The molecular weight excluding hydrogens is 776 g/mol. The predicted octanol–water partition coefficient (Wildman–Crippen LogP) is 9.44. The first kappa shape index (κ1) is 38.9. The number of nitrogens with two attached hydrogens (primary N) is 1. The van der Waals surface area contributed by atoms with Crippen LogP contribution in [0.5, 0.6) is 0 Å². The molecule has 0 amide bonds. The average molecular weight is 807 g/mol. The van der Waals surface area contributed by atoms with Crippen LogP contribution in [0, 0.1) is 11.6 Å². The van der Waals surface area contributed by atoms with Gasteiger partial charge in [-0.2, -0.15) is 0 Å². The highest BCUT2D eigenvalue weighted by molar-refractivity contribution is 7.89. The standard InChI is InChI=1S/C19H16ClFO2S2.C18H15ClFNO3S2/c1-19(2)18(24)16(11-5-4-6-13(20)9-11)17(23-19)12-7-8-15(25(3)22)14(21)10-12;1-18(2)17(25)15(10-4-3-5-12(19)8-10)16(24-18)11-6-7-14(13(20)9-11)26(21,22)23/h4-10H,1-3H3;3-9H,1-2H3,(H2,21,22,23). The fourth-order valence-electron chi connectivity index (χ4n) is 5.48. The lowest BCUT2D eigenvalue weighted by atomic mass is 9.94. The molecular formula is C37H31Cl2F2NO5S4. The minimum atomic E-state index is -4.15. The summed E-state index contributed by atoms with van der Waals surface area (Å²) in [4.78, 5) is 0.762. The summed E-state index contributed by atoms with van der Waals surface area (Å²) >= 11 is 23.4. The van der Waals surface area contributed by atoms with Gasteiger partial charge in [0.25, 0.3) is 0 Å². The van der Waals surface area contributed by atoms with Crippen LogP contribution >= 0.6 is 47.6 Å². The lowest BCUT2D eigenvalue weighted by molar-refractivity contribution is 0.159. The summed E-state index contributed by atoms with van der Waals surface area (Å²) < 4.78 is 75.1. The molecule has 51 heavy (non-hydrogen) atoms. The summed E-state index contributed by atoms with van der Waals surface area (Å²) in [7, 11) is -5.55. The van der Waals surface area contributed by atoms with Gasteiger partial charge in [0.1, 0.15) is 39.3 Å². The Balaban J connectivity index is 0.000000198. The van der Waals surface area contributed by atoms with Crippen molar-refractivity contribution < 1.29 is 30.9 Å². The van der Waals surface area contributed by atoms with Gasteiger partial charge >= 0.3 is 0 Å². The van der Waals surface area contributed by atoms with Crippen molar-refractivity contribution >= 4 is 101 Å². The first-order chi connectivity index (χ1) is 23.7. The smallest absolute Gasteiger partial charge is 0.240 e. The van der Waals surface area contributed by atoms with Crippen molar-refractivity contribution in [3.63, 3.8) is 0 Å². The Bertz CT molecular complexity index is 2320. The number of halogens is 4. The Hall–Kier alpha value is -3.36. The minimum Gasteiger partial charge on any atom is -0.481 e. The van der Waals surface area contributed by atoms with E-state index in [-0.39, 0.29) is 4.90 Å². The molecule has 1 unspecified atom stereocenters. The SMILES string of the molecule is CC1(C)OC(c2ccc(S(N)(=O)=O)c(F)c2)=C(c2cccc(Cl)c2)C1=S.CS(=O)c1ccc(C2=C(c3cccc(Cl)c3)C(=S)C(C)(C)O2)cc1F. The van der Waals surface area contributed by atoms with Gasteiger partial charge in [-0.15, -0.1) is 0 Å². The molecule has 0 saturated heterocycles. The van der Waals surface area contributed by atoms with Crippen LogP contribution in [0.2, 0.25) is 10.0 Å². The average Bonchev–Trinajstić information content (AvgIpc) is 3.42. The Morgan fingerprint density at radius 3 is 1.49 bits per heavy atom. The Kier molecular flexibility index (Phi) is 11.1.